The molecule has 0 aromatic rings. The summed E-state index contributed by atoms with van der Waals surface area (Å²) in [6, 6.07) is 0.639. The number of hydrogen-bond donors (Lipinski definition) is 2. The van der Waals surface area contributed by atoms with Gasteiger partial charge in [-0.2, -0.15) is 0 Å². The number of nitrogens with one attached hydrogen (secondary N) is 1. The molecule has 19 heavy (non-hydrogen) atoms. The van der Waals surface area contributed by atoms with Gasteiger partial charge in [-0.25, -0.2) is 0 Å². The van der Waals surface area contributed by atoms with Crippen molar-refractivity contribution in [2.75, 3.05) is 0 Å². The third-order valence-electron chi connectivity index (χ3n) is 5.53. The molecular formula is C17H34N2. The van der Waals surface area contributed by atoms with E-state index >= 15 is 0 Å². The summed E-state index contributed by atoms with van der Waals surface area (Å²) < 4.78 is 0. The maximum Gasteiger partial charge on any atom is 0.0577 e. The van der Waals surface area contributed by atoms with Crippen LogP contribution >= 0.6 is 0 Å². The highest BCUT2D eigenvalue weighted by Crippen LogP contribution is 2.39. The van der Waals surface area contributed by atoms with E-state index in [4.69, 9.17) is 5.73 Å². The molecule has 2 fully saturated rings. The molecule has 2 aliphatic rings. The van der Waals surface area contributed by atoms with E-state index in [1.807, 2.05) is 0 Å². The zero-order valence-corrected chi connectivity index (χ0v) is 13.4. The molecule has 0 amide bonds. The van der Waals surface area contributed by atoms with Crippen LogP contribution in [0, 0.1) is 23.2 Å². The Kier molecular flexibility index (Phi) is 4.94. The monoisotopic (exact) mass is 266 g/mol. The molecular weight excluding hydrogens is 232 g/mol. The molecule has 0 aromatic carbocycles. The smallest absolute Gasteiger partial charge is 0.0577 e. The van der Waals surface area contributed by atoms with Crippen LogP contribution in [0.1, 0.15) is 72.6 Å². The second-order valence-corrected chi connectivity index (χ2v) is 8.23. The Morgan fingerprint density at radius 1 is 1.05 bits per heavy atom. The van der Waals surface area contributed by atoms with Gasteiger partial charge in [0.1, 0.15) is 0 Å². The molecule has 2 rings (SSSR count). The predicted octanol–water partition coefficient (Wildman–Crippen LogP) is 3.90. The molecule has 2 heteroatoms. The van der Waals surface area contributed by atoms with Gasteiger partial charge in [0.05, 0.1) is 6.17 Å². The van der Waals surface area contributed by atoms with E-state index in [0.717, 1.165) is 11.8 Å². The fourth-order valence-corrected chi connectivity index (χ4v) is 4.33. The van der Waals surface area contributed by atoms with Gasteiger partial charge in [-0.15, -0.1) is 0 Å². The predicted molar refractivity (Wildman–Crippen MR) is 82.8 cm³/mol. The average molecular weight is 266 g/mol. The van der Waals surface area contributed by atoms with E-state index in [1.165, 1.54) is 44.9 Å². The second kappa shape index (κ2) is 6.13. The van der Waals surface area contributed by atoms with Crippen molar-refractivity contribution in [3.8, 4) is 0 Å². The van der Waals surface area contributed by atoms with Gasteiger partial charge >= 0.3 is 0 Å². The molecule has 3 N–H and O–H groups in total. The maximum atomic E-state index is 6.47. The zero-order valence-electron chi connectivity index (χ0n) is 13.4. The van der Waals surface area contributed by atoms with Crippen LogP contribution in [0.5, 0.6) is 0 Å². The minimum atomic E-state index is 0.220. The van der Waals surface area contributed by atoms with Crippen LogP contribution in [0.4, 0.5) is 0 Å². The van der Waals surface area contributed by atoms with Gasteiger partial charge in [0.25, 0.3) is 0 Å². The van der Waals surface area contributed by atoms with Crippen LogP contribution in [-0.4, -0.2) is 12.2 Å². The van der Waals surface area contributed by atoms with Crippen molar-refractivity contribution in [1.82, 2.24) is 5.32 Å². The van der Waals surface area contributed by atoms with Crippen molar-refractivity contribution in [2.24, 2.45) is 28.9 Å². The van der Waals surface area contributed by atoms with Gasteiger partial charge in [0.15, 0.2) is 0 Å². The van der Waals surface area contributed by atoms with Gasteiger partial charge in [0, 0.05) is 6.04 Å². The van der Waals surface area contributed by atoms with E-state index in [9.17, 15) is 0 Å². The second-order valence-electron chi connectivity index (χ2n) is 8.23. The van der Waals surface area contributed by atoms with Gasteiger partial charge in [-0.1, -0.05) is 47.0 Å². The normalized spacial score (nSPS) is 38.4. The van der Waals surface area contributed by atoms with Crippen molar-refractivity contribution in [1.29, 1.82) is 0 Å². The molecule has 2 nitrogen and oxygen atoms in total. The first-order valence-corrected chi connectivity index (χ1v) is 8.39. The minimum Gasteiger partial charge on any atom is -0.316 e. The molecule has 5 unspecified atom stereocenters. The summed E-state index contributed by atoms with van der Waals surface area (Å²) in [4.78, 5) is 0. The molecule has 0 radical (unpaired) electrons. The van der Waals surface area contributed by atoms with Gasteiger partial charge in [-0.3, -0.25) is 5.32 Å². The lowest BCUT2D eigenvalue weighted by molar-refractivity contribution is 0.115. The molecule has 0 bridgehead atoms. The average Bonchev–Trinajstić information content (AvgIpc) is 2.75. The van der Waals surface area contributed by atoms with Crippen LogP contribution in [0.15, 0.2) is 0 Å². The first-order valence-electron chi connectivity index (χ1n) is 8.39. The van der Waals surface area contributed by atoms with E-state index < -0.39 is 0 Å². The Morgan fingerprint density at radius 3 is 2.32 bits per heavy atom. The highest BCUT2D eigenvalue weighted by Gasteiger charge is 2.36. The maximum absolute atomic E-state index is 6.47. The van der Waals surface area contributed by atoms with E-state index in [0.29, 0.717) is 17.4 Å². The van der Waals surface area contributed by atoms with Gasteiger partial charge in [-0.05, 0) is 48.9 Å². The summed E-state index contributed by atoms with van der Waals surface area (Å²) in [6.45, 7) is 9.54. The number of hydrogen-bond acceptors (Lipinski definition) is 2. The third kappa shape index (κ3) is 3.95. The standard InChI is InChI=1S/C17H34N2/c1-12-9-10-13(11-12)16(18)19-15-8-6-5-7-14(15)17(2,3)4/h12-16,19H,5-11,18H2,1-4H3. The summed E-state index contributed by atoms with van der Waals surface area (Å²) in [5.41, 5.74) is 6.87. The van der Waals surface area contributed by atoms with Crippen LogP contribution in [-0.2, 0) is 0 Å². The van der Waals surface area contributed by atoms with Crippen LogP contribution < -0.4 is 11.1 Å². The fourth-order valence-electron chi connectivity index (χ4n) is 4.33. The highest BCUT2D eigenvalue weighted by atomic mass is 15.1. The summed E-state index contributed by atoms with van der Waals surface area (Å²) in [5.74, 6) is 2.37. The van der Waals surface area contributed by atoms with Crippen molar-refractivity contribution in [2.45, 2.75) is 84.8 Å². The van der Waals surface area contributed by atoms with Crippen molar-refractivity contribution >= 4 is 0 Å². The summed E-state index contributed by atoms with van der Waals surface area (Å²) >= 11 is 0. The quantitative estimate of drug-likeness (QED) is 0.760. The number of nitrogens with two attached hydrogens (primary N) is 1. The fraction of sp³-hybridized carbons (Fsp3) is 1.00. The first kappa shape index (κ1) is 15.3. The molecule has 0 heterocycles. The lowest BCUT2D eigenvalue weighted by Crippen LogP contribution is -2.53. The molecule has 0 aliphatic heterocycles. The van der Waals surface area contributed by atoms with E-state index in [1.54, 1.807) is 0 Å². The molecule has 0 spiro atoms. The SMILES string of the molecule is CC1CCC(C(N)NC2CCCCC2C(C)(C)C)C1. The Labute approximate surface area is 119 Å². The summed E-state index contributed by atoms with van der Waals surface area (Å²) in [5, 5.41) is 3.82. The van der Waals surface area contributed by atoms with Crippen molar-refractivity contribution in [3.05, 3.63) is 0 Å². The minimum absolute atomic E-state index is 0.220. The Hall–Kier alpha value is -0.0800. The van der Waals surface area contributed by atoms with Gasteiger partial charge in [0.2, 0.25) is 0 Å². The first-order chi connectivity index (χ1) is 8.88. The third-order valence-corrected chi connectivity index (χ3v) is 5.53. The van der Waals surface area contributed by atoms with Crippen molar-refractivity contribution in [3.63, 3.8) is 0 Å². The number of rotatable bonds is 3. The Balaban J connectivity index is 1.92. The van der Waals surface area contributed by atoms with Crippen LogP contribution in [0.3, 0.4) is 0 Å². The van der Waals surface area contributed by atoms with E-state index in [-0.39, 0.29) is 6.17 Å². The highest BCUT2D eigenvalue weighted by molar-refractivity contribution is 4.91. The molecule has 2 aliphatic carbocycles. The Bertz CT molecular complexity index is 281. The van der Waals surface area contributed by atoms with E-state index in [2.05, 4.69) is 33.0 Å². The molecule has 5 atom stereocenters. The van der Waals surface area contributed by atoms with Crippen molar-refractivity contribution < 1.29 is 0 Å². The molecule has 0 saturated heterocycles. The van der Waals surface area contributed by atoms with Crippen LogP contribution in [0.2, 0.25) is 0 Å². The molecule has 112 valence electrons. The summed E-state index contributed by atoms with van der Waals surface area (Å²) in [6.07, 6.45) is 9.69. The lowest BCUT2D eigenvalue weighted by atomic mass is 9.69. The van der Waals surface area contributed by atoms with Gasteiger partial charge < -0.3 is 5.73 Å². The van der Waals surface area contributed by atoms with Crippen LogP contribution in [0.25, 0.3) is 0 Å². The largest absolute Gasteiger partial charge is 0.316 e. The Morgan fingerprint density at radius 2 is 1.74 bits per heavy atom. The lowest BCUT2D eigenvalue weighted by Gasteiger charge is -2.42. The topological polar surface area (TPSA) is 38.0 Å². The molecule has 0 aromatic heterocycles. The summed E-state index contributed by atoms with van der Waals surface area (Å²) in [7, 11) is 0. The zero-order chi connectivity index (χ0) is 14.0. The molecule has 2 saturated carbocycles.